The highest BCUT2D eigenvalue weighted by Gasteiger charge is 2.39. The Kier molecular flexibility index (Phi) is 8.94. The number of halogens is 2. The number of rotatable bonds is 5. The van der Waals surface area contributed by atoms with Crippen molar-refractivity contribution in [3.05, 3.63) is 53.9 Å². The number of nitrogens with two attached hydrogens (primary N) is 1. The predicted molar refractivity (Wildman–Crippen MR) is 112 cm³/mol. The number of amides is 2. The molecular weight excluding hydrogens is 401 g/mol. The first-order valence-electron chi connectivity index (χ1n) is 8.80. The van der Waals surface area contributed by atoms with E-state index >= 15 is 0 Å². The first kappa shape index (κ1) is 23.9. The minimum atomic E-state index is -0.315. The Morgan fingerprint density at radius 1 is 1.29 bits per heavy atom. The molecule has 2 heterocycles. The lowest BCUT2D eigenvalue weighted by atomic mass is 9.85. The molecule has 0 spiro atoms. The fourth-order valence-electron chi connectivity index (χ4n) is 3.52. The van der Waals surface area contributed by atoms with Crippen molar-refractivity contribution in [2.75, 3.05) is 13.6 Å². The summed E-state index contributed by atoms with van der Waals surface area (Å²) in [6.45, 7) is 0.358. The third-order valence-electron chi connectivity index (χ3n) is 4.99. The van der Waals surface area contributed by atoms with E-state index in [9.17, 15) is 9.59 Å². The number of carbonyl (C=O) groups excluding carboxylic acids is 2. The van der Waals surface area contributed by atoms with Gasteiger partial charge in [-0.1, -0.05) is 30.3 Å². The van der Waals surface area contributed by atoms with Crippen LogP contribution in [-0.2, 0) is 16.6 Å². The highest BCUT2D eigenvalue weighted by molar-refractivity contribution is 5.86. The summed E-state index contributed by atoms with van der Waals surface area (Å²) in [5.41, 5.74) is 8.03. The van der Waals surface area contributed by atoms with Crippen molar-refractivity contribution in [2.45, 2.75) is 24.9 Å². The van der Waals surface area contributed by atoms with Gasteiger partial charge in [-0.25, -0.2) is 0 Å². The number of benzene rings is 1. The van der Waals surface area contributed by atoms with Crippen molar-refractivity contribution < 1.29 is 9.59 Å². The number of carbonyl (C=O) groups is 2. The van der Waals surface area contributed by atoms with Crippen LogP contribution in [0.1, 0.15) is 36.1 Å². The zero-order chi connectivity index (χ0) is 18.7. The third kappa shape index (κ3) is 5.25. The van der Waals surface area contributed by atoms with Crippen LogP contribution in [0.15, 0.2) is 42.7 Å². The van der Waals surface area contributed by atoms with E-state index in [1.54, 1.807) is 22.8 Å². The lowest BCUT2D eigenvalue weighted by molar-refractivity contribution is -0.141. The number of hydrogen-bond donors (Lipinski definition) is 2. The van der Waals surface area contributed by atoms with Gasteiger partial charge in [-0.3, -0.25) is 14.3 Å². The molecule has 28 heavy (non-hydrogen) atoms. The normalized spacial score (nSPS) is 20.0. The van der Waals surface area contributed by atoms with Crippen molar-refractivity contribution in [2.24, 2.45) is 18.7 Å². The lowest BCUT2D eigenvalue weighted by Gasteiger charge is -2.37. The van der Waals surface area contributed by atoms with E-state index in [4.69, 9.17) is 5.73 Å². The molecule has 154 valence electrons. The summed E-state index contributed by atoms with van der Waals surface area (Å²) in [5, 5.41) is 7.15. The summed E-state index contributed by atoms with van der Waals surface area (Å²) in [7, 11) is 3.57. The van der Waals surface area contributed by atoms with Crippen LogP contribution in [0.2, 0.25) is 0 Å². The van der Waals surface area contributed by atoms with Crippen LogP contribution in [0.3, 0.4) is 0 Å². The van der Waals surface area contributed by atoms with Crippen LogP contribution in [0.5, 0.6) is 0 Å². The third-order valence-corrected chi connectivity index (χ3v) is 4.99. The number of nitrogens with zero attached hydrogens (tertiary/aromatic N) is 3. The average Bonchev–Trinajstić information content (AvgIpc) is 3.08. The molecule has 0 bridgehead atoms. The summed E-state index contributed by atoms with van der Waals surface area (Å²) >= 11 is 0. The minimum Gasteiger partial charge on any atom is -0.354 e. The number of hydrogen-bond acceptors (Lipinski definition) is 4. The molecule has 7 nitrogen and oxygen atoms in total. The Hall–Kier alpha value is -2.09. The van der Waals surface area contributed by atoms with Gasteiger partial charge in [-0.2, -0.15) is 5.10 Å². The second-order valence-corrected chi connectivity index (χ2v) is 6.80. The van der Waals surface area contributed by atoms with Gasteiger partial charge in [0.1, 0.15) is 0 Å². The molecule has 0 saturated carbocycles. The Morgan fingerprint density at radius 3 is 2.57 bits per heavy atom. The quantitative estimate of drug-likeness (QED) is 0.762. The molecule has 0 aliphatic carbocycles. The van der Waals surface area contributed by atoms with E-state index in [-0.39, 0.29) is 54.6 Å². The SMILES string of the molecule is CN1C(=O)CCC(C(=O)NCC(N)c2ccccc2)C1c1cnn(C)c1.Cl.Cl. The summed E-state index contributed by atoms with van der Waals surface area (Å²) in [4.78, 5) is 26.7. The molecule has 1 aliphatic rings. The van der Waals surface area contributed by atoms with E-state index < -0.39 is 0 Å². The molecular formula is C19H27Cl2N5O2. The fourth-order valence-corrected chi connectivity index (χ4v) is 3.52. The van der Waals surface area contributed by atoms with Crippen molar-refractivity contribution in [1.82, 2.24) is 20.0 Å². The van der Waals surface area contributed by atoms with Crippen LogP contribution in [0.25, 0.3) is 0 Å². The lowest BCUT2D eigenvalue weighted by Crippen LogP contribution is -2.47. The number of aryl methyl sites for hydroxylation is 1. The largest absolute Gasteiger partial charge is 0.354 e. The number of likely N-dealkylation sites (tertiary alicyclic amines) is 1. The molecule has 3 rings (SSSR count). The van der Waals surface area contributed by atoms with Crippen molar-refractivity contribution in [3.63, 3.8) is 0 Å². The molecule has 1 fully saturated rings. The Balaban J connectivity index is 0.00000196. The predicted octanol–water partition coefficient (Wildman–Crippen LogP) is 1.99. The monoisotopic (exact) mass is 427 g/mol. The zero-order valence-corrected chi connectivity index (χ0v) is 17.6. The number of aromatic nitrogens is 2. The minimum absolute atomic E-state index is 0. The topological polar surface area (TPSA) is 93.2 Å². The van der Waals surface area contributed by atoms with Crippen LogP contribution in [0, 0.1) is 5.92 Å². The van der Waals surface area contributed by atoms with E-state index in [1.165, 1.54) is 0 Å². The molecule has 1 aromatic carbocycles. The summed E-state index contributed by atoms with van der Waals surface area (Å²) < 4.78 is 1.68. The Morgan fingerprint density at radius 2 is 1.96 bits per heavy atom. The first-order valence-corrected chi connectivity index (χ1v) is 8.80. The van der Waals surface area contributed by atoms with E-state index in [2.05, 4.69) is 10.4 Å². The highest BCUT2D eigenvalue weighted by Crippen LogP contribution is 2.35. The van der Waals surface area contributed by atoms with Crippen LogP contribution in [0.4, 0.5) is 0 Å². The molecule has 2 amide bonds. The van der Waals surface area contributed by atoms with Gasteiger partial charge in [-0.05, 0) is 12.0 Å². The number of piperidine rings is 1. The number of nitrogens with one attached hydrogen (secondary N) is 1. The van der Waals surface area contributed by atoms with Crippen LogP contribution >= 0.6 is 24.8 Å². The molecule has 2 aromatic rings. The fraction of sp³-hybridized carbons (Fsp3) is 0.421. The van der Waals surface area contributed by atoms with Crippen LogP contribution in [-0.4, -0.2) is 40.1 Å². The summed E-state index contributed by atoms with van der Waals surface area (Å²) in [5.74, 6) is -0.349. The summed E-state index contributed by atoms with van der Waals surface area (Å²) in [6.07, 6.45) is 4.47. The van der Waals surface area contributed by atoms with Crippen molar-refractivity contribution in [3.8, 4) is 0 Å². The zero-order valence-electron chi connectivity index (χ0n) is 15.9. The second kappa shape index (κ2) is 10.5. The highest BCUT2D eigenvalue weighted by atomic mass is 35.5. The van der Waals surface area contributed by atoms with Gasteiger partial charge in [-0.15, -0.1) is 24.8 Å². The van der Waals surface area contributed by atoms with Crippen molar-refractivity contribution >= 4 is 36.6 Å². The van der Waals surface area contributed by atoms with Gasteiger partial charge in [0.05, 0.1) is 18.2 Å². The summed E-state index contributed by atoms with van der Waals surface area (Å²) in [6, 6.07) is 9.11. The molecule has 3 N–H and O–H groups in total. The van der Waals surface area contributed by atoms with Gasteiger partial charge in [0, 0.05) is 44.9 Å². The smallest absolute Gasteiger partial charge is 0.225 e. The Labute approximate surface area is 177 Å². The van der Waals surface area contributed by atoms with Gasteiger partial charge in [0.15, 0.2) is 0 Å². The van der Waals surface area contributed by atoms with E-state index in [0.29, 0.717) is 19.4 Å². The van der Waals surface area contributed by atoms with E-state index in [0.717, 1.165) is 11.1 Å². The Bertz CT molecular complexity index is 784. The van der Waals surface area contributed by atoms with Crippen LogP contribution < -0.4 is 11.1 Å². The molecule has 1 aliphatic heterocycles. The molecule has 3 atom stereocenters. The molecule has 1 saturated heterocycles. The maximum atomic E-state index is 12.8. The van der Waals surface area contributed by atoms with Gasteiger partial charge >= 0.3 is 0 Å². The average molecular weight is 428 g/mol. The molecule has 1 aromatic heterocycles. The molecule has 0 radical (unpaired) electrons. The van der Waals surface area contributed by atoms with Gasteiger partial charge in [0.25, 0.3) is 0 Å². The first-order chi connectivity index (χ1) is 12.5. The van der Waals surface area contributed by atoms with Crippen molar-refractivity contribution in [1.29, 1.82) is 0 Å². The van der Waals surface area contributed by atoms with Gasteiger partial charge < -0.3 is 16.0 Å². The maximum Gasteiger partial charge on any atom is 0.225 e. The molecule has 9 heteroatoms. The van der Waals surface area contributed by atoms with Gasteiger partial charge in [0.2, 0.25) is 11.8 Å². The molecule has 3 unspecified atom stereocenters. The van der Waals surface area contributed by atoms with E-state index in [1.807, 2.05) is 43.6 Å². The maximum absolute atomic E-state index is 12.8. The standard InChI is InChI=1S/C19H25N5O2.2ClH/c1-23-12-14(10-22-23)18-15(8-9-17(25)24(18)2)19(26)21-11-16(20)13-6-4-3-5-7-13;;/h3-7,10,12,15-16,18H,8-9,11,20H2,1-2H3,(H,21,26);2*1H. The second-order valence-electron chi connectivity index (χ2n) is 6.80.